The number of piperidine rings is 2. The number of hydrogen-bond donors (Lipinski definition) is 4. The Morgan fingerprint density at radius 1 is 0.841 bits per heavy atom. The lowest BCUT2D eigenvalue weighted by molar-refractivity contribution is -0.138. The van der Waals surface area contributed by atoms with Gasteiger partial charge in [0, 0.05) is 88.9 Å². The van der Waals surface area contributed by atoms with Crippen molar-refractivity contribution in [3.8, 4) is 0 Å². The fraction of sp³-hybridized carbons (Fsp3) is 0.400. The number of fused-ring (bicyclic) bond motifs is 2. The molecule has 4 fully saturated rings. The van der Waals surface area contributed by atoms with Crippen molar-refractivity contribution in [1.29, 1.82) is 0 Å². The van der Waals surface area contributed by atoms with Crippen molar-refractivity contribution in [3.63, 3.8) is 0 Å². The number of aromatic nitrogens is 3. The standard InChI is InChI=1S/C45H50FN11O5S/c1-63(61,62)57-20-14-29-3-2-4-37(40(29)57)49-42-35-13-17-47-41(35)51-45(52-42)48-31-7-11-38(36(46)25-31)54-18-15-33(16-19-54)53-21-23-55(24-22-53)44(60)30-26-56(27-30)32-8-5-28(6-9-32)34-10-12-39(58)50-43(34)59/h2-9,11,13,17,25,30,33-34H,10,12,14-16,18-24,26-27H2,1H3,(H,50,58,59)(H3,47,48,49,51,52). The van der Waals surface area contributed by atoms with Crippen LogP contribution in [0.15, 0.2) is 72.9 Å². The van der Waals surface area contributed by atoms with Gasteiger partial charge in [-0.05, 0) is 79.3 Å². The molecule has 3 aromatic carbocycles. The molecule has 0 saturated carbocycles. The van der Waals surface area contributed by atoms with Crippen LogP contribution in [0.2, 0.25) is 0 Å². The number of piperazine rings is 1. The molecule has 1 unspecified atom stereocenters. The second kappa shape index (κ2) is 16.5. The maximum atomic E-state index is 15.8. The number of imide groups is 1. The second-order valence-electron chi connectivity index (χ2n) is 17.2. The third-order valence-corrected chi connectivity index (χ3v) is 14.5. The maximum absolute atomic E-state index is 15.8. The number of anilines is 7. The zero-order chi connectivity index (χ0) is 43.4. The number of hydrogen-bond acceptors (Lipinski definition) is 12. The molecule has 1 atom stereocenters. The molecule has 4 N–H and O–H groups in total. The van der Waals surface area contributed by atoms with Gasteiger partial charge in [0.15, 0.2) is 0 Å². The summed E-state index contributed by atoms with van der Waals surface area (Å²) >= 11 is 0. The number of rotatable bonds is 10. The SMILES string of the molecule is CS(=O)(=O)N1CCc2cccc(Nc3nc(Nc4ccc(N5CCC(N6CCN(C(=O)C7CN(c8ccc(C9CCC(=O)NC9=O)cc8)C7)CC6)CC5)c(F)c4)nc4[nH]ccc34)c21. The number of H-pyrrole nitrogens is 1. The summed E-state index contributed by atoms with van der Waals surface area (Å²) in [6.45, 7) is 6.22. The van der Waals surface area contributed by atoms with Gasteiger partial charge in [0.2, 0.25) is 33.7 Å². The Morgan fingerprint density at radius 3 is 2.35 bits per heavy atom. The molecule has 4 saturated heterocycles. The number of carbonyl (C=O) groups excluding carboxylic acids is 3. The molecule has 5 aliphatic rings. The molecule has 3 amide bonds. The highest BCUT2D eigenvalue weighted by Gasteiger charge is 2.38. The molecule has 63 heavy (non-hydrogen) atoms. The fourth-order valence-corrected chi connectivity index (χ4v) is 10.8. The molecule has 10 rings (SSSR count). The molecular weight excluding hydrogens is 826 g/mol. The van der Waals surface area contributed by atoms with E-state index < -0.39 is 10.0 Å². The largest absolute Gasteiger partial charge is 0.370 e. The maximum Gasteiger partial charge on any atom is 0.234 e. The summed E-state index contributed by atoms with van der Waals surface area (Å²) in [6.07, 6.45) is 6.26. The summed E-state index contributed by atoms with van der Waals surface area (Å²) in [5.74, 6) is -0.209. The Labute approximate surface area is 364 Å². The summed E-state index contributed by atoms with van der Waals surface area (Å²) in [4.78, 5) is 58.5. The summed E-state index contributed by atoms with van der Waals surface area (Å²) in [7, 11) is -3.48. The summed E-state index contributed by atoms with van der Waals surface area (Å²) in [5, 5.41) is 9.66. The highest BCUT2D eigenvalue weighted by atomic mass is 32.2. The highest BCUT2D eigenvalue weighted by molar-refractivity contribution is 7.92. The van der Waals surface area contributed by atoms with Crippen LogP contribution in [0.3, 0.4) is 0 Å². The lowest BCUT2D eigenvalue weighted by Crippen LogP contribution is -2.59. The van der Waals surface area contributed by atoms with Crippen LogP contribution in [-0.2, 0) is 30.8 Å². The Kier molecular flexibility index (Phi) is 10.6. The van der Waals surface area contributed by atoms with Crippen LogP contribution >= 0.6 is 0 Å². The van der Waals surface area contributed by atoms with Crippen molar-refractivity contribution >= 4 is 79.0 Å². The number of carbonyl (C=O) groups is 3. The molecule has 5 aromatic rings. The zero-order valence-corrected chi connectivity index (χ0v) is 35.8. The van der Waals surface area contributed by atoms with Crippen molar-refractivity contribution < 1.29 is 27.2 Å². The Hall–Kier alpha value is -6.27. The minimum Gasteiger partial charge on any atom is -0.370 e. The van der Waals surface area contributed by atoms with Crippen LogP contribution in [-0.4, -0.2) is 122 Å². The van der Waals surface area contributed by atoms with Gasteiger partial charge in [-0.1, -0.05) is 24.3 Å². The van der Waals surface area contributed by atoms with Crippen LogP contribution in [0.25, 0.3) is 11.0 Å². The first-order valence-corrected chi connectivity index (χ1v) is 23.5. The fourth-order valence-electron chi connectivity index (χ4n) is 9.86. The molecule has 328 valence electrons. The van der Waals surface area contributed by atoms with Gasteiger partial charge in [0.05, 0.1) is 40.5 Å². The molecule has 0 radical (unpaired) electrons. The molecule has 16 nitrogen and oxygen atoms in total. The van der Waals surface area contributed by atoms with Gasteiger partial charge in [-0.15, -0.1) is 0 Å². The van der Waals surface area contributed by atoms with E-state index in [9.17, 15) is 22.8 Å². The number of nitrogens with zero attached hydrogens (tertiary/aromatic N) is 7. The van der Waals surface area contributed by atoms with Crippen molar-refractivity contribution in [2.24, 2.45) is 5.92 Å². The number of aromatic amines is 1. The lowest BCUT2D eigenvalue weighted by Gasteiger charge is -2.46. The Bertz CT molecular complexity index is 2690. The van der Waals surface area contributed by atoms with E-state index >= 15 is 4.39 Å². The first kappa shape index (κ1) is 40.8. The van der Waals surface area contributed by atoms with E-state index in [1.54, 1.807) is 12.3 Å². The number of halogens is 1. The predicted molar refractivity (Wildman–Crippen MR) is 240 cm³/mol. The molecule has 0 bridgehead atoms. The van der Waals surface area contributed by atoms with E-state index in [0.29, 0.717) is 92.2 Å². The summed E-state index contributed by atoms with van der Waals surface area (Å²) < 4.78 is 42.4. The molecule has 5 aliphatic heterocycles. The second-order valence-corrected chi connectivity index (χ2v) is 19.1. The van der Waals surface area contributed by atoms with E-state index in [0.717, 1.165) is 61.2 Å². The average Bonchev–Trinajstić information content (AvgIpc) is 3.93. The van der Waals surface area contributed by atoms with Crippen molar-refractivity contribution in [1.82, 2.24) is 30.1 Å². The number of para-hydroxylation sites is 1. The number of sulfonamides is 1. The molecule has 18 heteroatoms. The van der Waals surface area contributed by atoms with Gasteiger partial charge >= 0.3 is 0 Å². The smallest absolute Gasteiger partial charge is 0.234 e. The topological polar surface area (TPSA) is 179 Å². The minimum absolute atomic E-state index is 0.0341. The van der Waals surface area contributed by atoms with Crippen LogP contribution in [0.1, 0.15) is 42.7 Å². The summed E-state index contributed by atoms with van der Waals surface area (Å²) in [5.41, 5.74) is 5.70. The van der Waals surface area contributed by atoms with Crippen LogP contribution in [0.4, 0.5) is 44.6 Å². The van der Waals surface area contributed by atoms with Crippen molar-refractivity contribution in [3.05, 3.63) is 89.9 Å². The van der Waals surface area contributed by atoms with E-state index in [2.05, 4.69) is 40.6 Å². The van der Waals surface area contributed by atoms with Gasteiger partial charge in [-0.25, -0.2) is 12.8 Å². The van der Waals surface area contributed by atoms with Crippen LogP contribution < -0.4 is 30.1 Å². The first-order chi connectivity index (χ1) is 30.4. The lowest BCUT2D eigenvalue weighted by atomic mass is 9.90. The van der Waals surface area contributed by atoms with E-state index in [-0.39, 0.29) is 41.3 Å². The number of amides is 3. The van der Waals surface area contributed by atoms with E-state index in [1.165, 1.54) is 16.6 Å². The first-order valence-electron chi connectivity index (χ1n) is 21.7. The van der Waals surface area contributed by atoms with Gasteiger partial charge < -0.3 is 30.3 Å². The quantitative estimate of drug-likeness (QED) is 0.143. The number of benzene rings is 3. The third-order valence-electron chi connectivity index (χ3n) is 13.3. The predicted octanol–water partition coefficient (Wildman–Crippen LogP) is 4.68. The van der Waals surface area contributed by atoms with E-state index in [4.69, 9.17) is 4.98 Å². The molecule has 7 heterocycles. The summed E-state index contributed by atoms with van der Waals surface area (Å²) in [6, 6.07) is 20.8. The van der Waals surface area contributed by atoms with Crippen LogP contribution in [0.5, 0.6) is 0 Å². The Balaban J connectivity index is 0.705. The van der Waals surface area contributed by atoms with Crippen LogP contribution in [0, 0.1) is 11.7 Å². The van der Waals surface area contributed by atoms with Crippen molar-refractivity contribution in [2.75, 3.05) is 89.9 Å². The number of nitrogens with one attached hydrogen (secondary N) is 4. The van der Waals surface area contributed by atoms with E-state index in [1.807, 2.05) is 59.5 Å². The molecular formula is C45H50FN11O5S. The van der Waals surface area contributed by atoms with Gasteiger partial charge in [-0.3, -0.25) is 28.9 Å². The average molecular weight is 876 g/mol. The molecule has 0 spiro atoms. The van der Waals surface area contributed by atoms with Gasteiger partial charge in [0.1, 0.15) is 17.3 Å². The minimum atomic E-state index is -3.48. The van der Waals surface area contributed by atoms with Gasteiger partial charge in [-0.2, -0.15) is 9.97 Å². The molecule has 0 aliphatic carbocycles. The highest BCUT2D eigenvalue weighted by Crippen LogP contribution is 2.40. The van der Waals surface area contributed by atoms with Gasteiger partial charge in [0.25, 0.3) is 0 Å². The zero-order valence-electron chi connectivity index (χ0n) is 35.0. The molecule has 2 aromatic heterocycles. The monoisotopic (exact) mass is 875 g/mol. The Morgan fingerprint density at radius 2 is 1.62 bits per heavy atom. The van der Waals surface area contributed by atoms with Crippen molar-refractivity contribution in [2.45, 2.75) is 44.1 Å². The normalized spacial score (nSPS) is 20.2. The third kappa shape index (κ3) is 8.12.